The quantitative estimate of drug-likeness (QED) is 0.542. The van der Waals surface area contributed by atoms with Crippen molar-refractivity contribution in [1.82, 2.24) is 4.57 Å². The van der Waals surface area contributed by atoms with E-state index in [1.54, 1.807) is 22.9 Å². The lowest BCUT2D eigenvalue weighted by Gasteiger charge is -2.07. The lowest BCUT2D eigenvalue weighted by Crippen LogP contribution is -2.02. The van der Waals surface area contributed by atoms with Crippen LogP contribution in [0.25, 0.3) is 10.9 Å². The predicted octanol–water partition coefficient (Wildman–Crippen LogP) is 3.88. The molecule has 6 heteroatoms. The van der Waals surface area contributed by atoms with Crippen molar-refractivity contribution in [1.29, 1.82) is 0 Å². The molecule has 0 N–H and O–H groups in total. The van der Waals surface area contributed by atoms with Gasteiger partial charge in [-0.1, -0.05) is 0 Å². The van der Waals surface area contributed by atoms with E-state index in [1.807, 2.05) is 0 Å². The summed E-state index contributed by atoms with van der Waals surface area (Å²) < 4.78 is 28.2. The van der Waals surface area contributed by atoms with Crippen molar-refractivity contribution in [3.05, 3.63) is 76.0 Å². The molecular formula is C15H10F2N2O2. The molecule has 0 aliphatic heterocycles. The summed E-state index contributed by atoms with van der Waals surface area (Å²) >= 11 is 0. The molecule has 2 aromatic carbocycles. The van der Waals surface area contributed by atoms with Gasteiger partial charge in [-0.25, -0.2) is 8.78 Å². The summed E-state index contributed by atoms with van der Waals surface area (Å²) in [5.41, 5.74) is 0.858. The van der Waals surface area contributed by atoms with Gasteiger partial charge < -0.3 is 4.57 Å². The minimum Gasteiger partial charge on any atom is -0.343 e. The van der Waals surface area contributed by atoms with E-state index in [0.29, 0.717) is 5.39 Å². The van der Waals surface area contributed by atoms with Crippen LogP contribution >= 0.6 is 0 Å². The third-order valence-corrected chi connectivity index (χ3v) is 3.31. The zero-order chi connectivity index (χ0) is 15.0. The Morgan fingerprint density at radius 1 is 1.05 bits per heavy atom. The Labute approximate surface area is 118 Å². The van der Waals surface area contributed by atoms with Gasteiger partial charge in [0.05, 0.1) is 17.0 Å². The molecule has 0 atom stereocenters. The van der Waals surface area contributed by atoms with Gasteiger partial charge in [0, 0.05) is 23.2 Å². The first-order valence-corrected chi connectivity index (χ1v) is 6.22. The second-order valence-electron chi connectivity index (χ2n) is 4.68. The van der Waals surface area contributed by atoms with Crippen molar-refractivity contribution < 1.29 is 13.7 Å². The lowest BCUT2D eigenvalue weighted by molar-refractivity contribution is -0.385. The highest BCUT2D eigenvalue weighted by Crippen LogP contribution is 2.24. The molecule has 0 aliphatic rings. The number of aromatic nitrogens is 1. The van der Waals surface area contributed by atoms with Crippen LogP contribution in [0.15, 0.2) is 48.7 Å². The fraction of sp³-hybridized carbons (Fsp3) is 0.0667. The van der Waals surface area contributed by atoms with Gasteiger partial charge in [0.25, 0.3) is 5.69 Å². The minimum atomic E-state index is -0.542. The summed E-state index contributed by atoms with van der Waals surface area (Å²) in [6.07, 6.45) is 1.69. The molecule has 0 bridgehead atoms. The Morgan fingerprint density at radius 2 is 1.76 bits per heavy atom. The van der Waals surface area contributed by atoms with Gasteiger partial charge in [0.1, 0.15) is 11.6 Å². The maximum absolute atomic E-state index is 13.3. The fourth-order valence-electron chi connectivity index (χ4n) is 2.35. The van der Waals surface area contributed by atoms with E-state index in [4.69, 9.17) is 0 Å². The van der Waals surface area contributed by atoms with Gasteiger partial charge in [-0.3, -0.25) is 10.1 Å². The monoisotopic (exact) mass is 288 g/mol. The van der Waals surface area contributed by atoms with Crippen molar-refractivity contribution in [3.63, 3.8) is 0 Å². The molecule has 3 rings (SSSR count). The van der Waals surface area contributed by atoms with E-state index in [1.165, 1.54) is 12.1 Å². The van der Waals surface area contributed by atoms with Crippen LogP contribution in [0, 0.1) is 21.7 Å². The number of fused-ring (bicyclic) bond motifs is 1. The van der Waals surface area contributed by atoms with Crippen LogP contribution in [0.1, 0.15) is 5.56 Å². The van der Waals surface area contributed by atoms with Crippen LogP contribution in [0.5, 0.6) is 0 Å². The van der Waals surface area contributed by atoms with Crippen LogP contribution in [0.2, 0.25) is 0 Å². The molecule has 1 aromatic heterocycles. The Balaban J connectivity index is 2.06. The SMILES string of the molecule is O=[N+]([O-])c1ccc(F)cc1Cn1ccc2cc(F)ccc21. The zero-order valence-corrected chi connectivity index (χ0v) is 10.8. The molecule has 0 aliphatic carbocycles. The Hall–Kier alpha value is -2.76. The van der Waals surface area contributed by atoms with E-state index >= 15 is 0 Å². The number of hydrogen-bond donors (Lipinski definition) is 0. The summed E-state index contributed by atoms with van der Waals surface area (Å²) in [7, 11) is 0. The van der Waals surface area contributed by atoms with E-state index < -0.39 is 10.7 Å². The lowest BCUT2D eigenvalue weighted by atomic mass is 10.1. The molecule has 0 fully saturated rings. The molecule has 0 saturated heterocycles. The number of hydrogen-bond acceptors (Lipinski definition) is 2. The van der Waals surface area contributed by atoms with Crippen molar-refractivity contribution >= 4 is 16.6 Å². The largest absolute Gasteiger partial charge is 0.343 e. The van der Waals surface area contributed by atoms with Gasteiger partial charge in [-0.2, -0.15) is 0 Å². The standard InChI is InChI=1S/C15H10F2N2O2/c16-12-1-3-14-10(7-12)5-6-18(14)9-11-8-13(17)2-4-15(11)19(20)21/h1-8H,9H2. The molecule has 0 spiro atoms. The molecule has 0 amide bonds. The molecule has 21 heavy (non-hydrogen) atoms. The Kier molecular flexibility index (Phi) is 3.13. The maximum atomic E-state index is 13.3. The van der Waals surface area contributed by atoms with Crippen LogP contribution < -0.4 is 0 Å². The van der Waals surface area contributed by atoms with Gasteiger partial charge in [0.15, 0.2) is 0 Å². The summed E-state index contributed by atoms with van der Waals surface area (Å²) in [6.45, 7) is 0.142. The third-order valence-electron chi connectivity index (χ3n) is 3.31. The zero-order valence-electron chi connectivity index (χ0n) is 10.8. The smallest absolute Gasteiger partial charge is 0.274 e. The average Bonchev–Trinajstić information content (AvgIpc) is 2.81. The van der Waals surface area contributed by atoms with Crippen LogP contribution in [-0.2, 0) is 6.54 Å². The number of nitro groups is 1. The van der Waals surface area contributed by atoms with Crippen molar-refractivity contribution in [3.8, 4) is 0 Å². The van der Waals surface area contributed by atoms with Gasteiger partial charge >= 0.3 is 0 Å². The van der Waals surface area contributed by atoms with Crippen LogP contribution in [-0.4, -0.2) is 9.49 Å². The van der Waals surface area contributed by atoms with Crippen molar-refractivity contribution in [2.75, 3.05) is 0 Å². The Bertz CT molecular complexity index is 843. The number of nitro benzene ring substituents is 1. The molecule has 4 nitrogen and oxygen atoms in total. The fourth-order valence-corrected chi connectivity index (χ4v) is 2.35. The van der Waals surface area contributed by atoms with E-state index in [-0.39, 0.29) is 23.6 Å². The highest BCUT2D eigenvalue weighted by molar-refractivity contribution is 5.80. The molecule has 0 unspecified atom stereocenters. The summed E-state index contributed by atoms with van der Waals surface area (Å²) in [5.74, 6) is -0.880. The average molecular weight is 288 g/mol. The summed E-state index contributed by atoms with van der Waals surface area (Å²) in [6, 6.07) is 9.36. The van der Waals surface area contributed by atoms with Crippen LogP contribution in [0.4, 0.5) is 14.5 Å². The minimum absolute atomic E-state index is 0.139. The second kappa shape index (κ2) is 4.97. The predicted molar refractivity (Wildman–Crippen MR) is 74.1 cm³/mol. The Morgan fingerprint density at radius 3 is 2.52 bits per heavy atom. The van der Waals surface area contributed by atoms with E-state index in [0.717, 1.165) is 23.7 Å². The third kappa shape index (κ3) is 2.47. The first kappa shape index (κ1) is 13.2. The highest BCUT2D eigenvalue weighted by atomic mass is 19.1. The first-order chi connectivity index (χ1) is 10.0. The van der Waals surface area contributed by atoms with Crippen molar-refractivity contribution in [2.24, 2.45) is 0 Å². The summed E-state index contributed by atoms with van der Waals surface area (Å²) in [5, 5.41) is 11.7. The van der Waals surface area contributed by atoms with Crippen molar-refractivity contribution in [2.45, 2.75) is 6.54 Å². The molecule has 106 valence electrons. The topological polar surface area (TPSA) is 48.1 Å². The molecule has 3 aromatic rings. The van der Waals surface area contributed by atoms with E-state index in [9.17, 15) is 18.9 Å². The number of benzene rings is 2. The highest BCUT2D eigenvalue weighted by Gasteiger charge is 2.15. The van der Waals surface area contributed by atoms with Crippen LogP contribution in [0.3, 0.4) is 0 Å². The van der Waals surface area contributed by atoms with E-state index in [2.05, 4.69) is 0 Å². The number of halogens is 2. The molecule has 1 heterocycles. The van der Waals surface area contributed by atoms with Gasteiger partial charge in [-0.05, 0) is 36.4 Å². The first-order valence-electron chi connectivity index (χ1n) is 6.22. The van der Waals surface area contributed by atoms with Gasteiger partial charge in [-0.15, -0.1) is 0 Å². The second-order valence-corrected chi connectivity index (χ2v) is 4.68. The normalized spacial score (nSPS) is 11.0. The maximum Gasteiger partial charge on any atom is 0.274 e. The molecule has 0 radical (unpaired) electrons. The number of rotatable bonds is 3. The number of nitrogens with zero attached hydrogens (tertiary/aromatic N) is 2. The molecular weight excluding hydrogens is 278 g/mol. The molecule has 0 saturated carbocycles. The summed E-state index contributed by atoms with van der Waals surface area (Å²) in [4.78, 5) is 10.5. The van der Waals surface area contributed by atoms with Gasteiger partial charge in [0.2, 0.25) is 0 Å².